The highest BCUT2D eigenvalue weighted by molar-refractivity contribution is 6.08. The van der Waals surface area contributed by atoms with Crippen molar-refractivity contribution in [2.75, 3.05) is 18.9 Å². The molecule has 0 fully saturated rings. The van der Waals surface area contributed by atoms with Crippen molar-refractivity contribution in [2.24, 2.45) is 0 Å². The van der Waals surface area contributed by atoms with Crippen molar-refractivity contribution in [1.29, 1.82) is 0 Å². The van der Waals surface area contributed by atoms with Gasteiger partial charge in [-0.3, -0.25) is 9.78 Å². The van der Waals surface area contributed by atoms with Gasteiger partial charge in [0.1, 0.15) is 0 Å². The number of aliphatic hydroxyl groups is 1. The van der Waals surface area contributed by atoms with E-state index in [1.807, 2.05) is 13.0 Å². The molecule has 0 aliphatic rings. The summed E-state index contributed by atoms with van der Waals surface area (Å²) >= 11 is 0. The number of aryl methyl sites for hydroxylation is 1. The second kappa shape index (κ2) is 5.67. The molecule has 100 valence electrons. The number of hydrogen-bond donors (Lipinski definition) is 3. The Hall–Kier alpha value is -2.14. The largest absolute Gasteiger partial charge is 0.397 e. The lowest BCUT2D eigenvalue weighted by molar-refractivity contribution is 0.0952. The fraction of sp³-hybridized carbons (Fsp3) is 0.286. The Balaban J connectivity index is 2.42. The molecule has 5 nitrogen and oxygen atoms in total. The van der Waals surface area contributed by atoms with Crippen LogP contribution in [0.4, 0.5) is 5.69 Å². The lowest BCUT2D eigenvalue weighted by atomic mass is 10.1. The average Bonchev–Trinajstić information content (AvgIpc) is 2.39. The third-order valence-electron chi connectivity index (χ3n) is 2.86. The van der Waals surface area contributed by atoms with Crippen LogP contribution >= 0.6 is 0 Å². The molecule has 1 aromatic carbocycles. The number of carbonyl (C=O) groups excluding carboxylic acids is 1. The summed E-state index contributed by atoms with van der Waals surface area (Å²) in [7, 11) is 0. The number of para-hydroxylation sites is 1. The molecule has 1 aromatic heterocycles. The van der Waals surface area contributed by atoms with Gasteiger partial charge in [0.15, 0.2) is 0 Å². The van der Waals surface area contributed by atoms with Gasteiger partial charge in [-0.25, -0.2) is 0 Å². The second-order valence-electron chi connectivity index (χ2n) is 4.39. The number of aliphatic hydroxyl groups excluding tert-OH is 1. The van der Waals surface area contributed by atoms with Gasteiger partial charge in [0, 0.05) is 24.2 Å². The number of benzene rings is 1. The third kappa shape index (κ3) is 2.82. The van der Waals surface area contributed by atoms with E-state index in [9.17, 15) is 4.79 Å². The molecule has 0 unspecified atom stereocenters. The molecule has 19 heavy (non-hydrogen) atoms. The number of pyridine rings is 1. The zero-order valence-corrected chi connectivity index (χ0v) is 10.8. The van der Waals surface area contributed by atoms with Crippen molar-refractivity contribution < 1.29 is 9.90 Å². The van der Waals surface area contributed by atoms with E-state index in [1.54, 1.807) is 18.2 Å². The van der Waals surface area contributed by atoms with Crippen LogP contribution in [0.15, 0.2) is 24.3 Å². The van der Waals surface area contributed by atoms with E-state index in [-0.39, 0.29) is 12.5 Å². The molecule has 0 bridgehead atoms. The lowest BCUT2D eigenvalue weighted by Crippen LogP contribution is -2.25. The summed E-state index contributed by atoms with van der Waals surface area (Å²) < 4.78 is 0. The molecule has 1 amide bonds. The number of anilines is 1. The number of aromatic nitrogens is 1. The number of hydrogen-bond acceptors (Lipinski definition) is 4. The van der Waals surface area contributed by atoms with Gasteiger partial charge in [-0.05, 0) is 25.5 Å². The number of rotatable bonds is 4. The minimum Gasteiger partial charge on any atom is -0.397 e. The number of fused-ring (bicyclic) bond motifs is 1. The van der Waals surface area contributed by atoms with Crippen LogP contribution in [0.2, 0.25) is 0 Å². The molecule has 2 aromatic rings. The highest BCUT2D eigenvalue weighted by Crippen LogP contribution is 2.23. The summed E-state index contributed by atoms with van der Waals surface area (Å²) in [5.74, 6) is -0.172. The van der Waals surface area contributed by atoms with Gasteiger partial charge in [0.25, 0.3) is 5.91 Å². The van der Waals surface area contributed by atoms with Crippen LogP contribution < -0.4 is 11.1 Å². The first-order valence-corrected chi connectivity index (χ1v) is 6.18. The fourth-order valence-electron chi connectivity index (χ4n) is 1.96. The number of nitrogens with one attached hydrogen (secondary N) is 1. The molecule has 0 aliphatic heterocycles. The summed E-state index contributed by atoms with van der Waals surface area (Å²) in [6.45, 7) is 2.33. The standard InChI is InChI=1S/C14H17N3O2/c1-9-8-11(14(19)16-6-3-7-18)10-4-2-5-12(15)13(10)17-9/h2,4-5,8,18H,3,6-7,15H2,1H3,(H,16,19). The van der Waals surface area contributed by atoms with E-state index >= 15 is 0 Å². The van der Waals surface area contributed by atoms with Crippen molar-refractivity contribution in [3.8, 4) is 0 Å². The van der Waals surface area contributed by atoms with Crippen LogP contribution in [0.25, 0.3) is 10.9 Å². The molecule has 5 heteroatoms. The molecule has 0 radical (unpaired) electrons. The number of nitrogens with zero attached hydrogens (tertiary/aromatic N) is 1. The van der Waals surface area contributed by atoms with Crippen LogP contribution in [-0.2, 0) is 0 Å². The number of amides is 1. The van der Waals surface area contributed by atoms with Crippen molar-refractivity contribution in [1.82, 2.24) is 10.3 Å². The summed E-state index contributed by atoms with van der Waals surface area (Å²) in [5, 5.41) is 12.2. The first-order chi connectivity index (χ1) is 9.13. The monoisotopic (exact) mass is 259 g/mol. The van der Waals surface area contributed by atoms with E-state index < -0.39 is 0 Å². The van der Waals surface area contributed by atoms with Crippen LogP contribution in [0, 0.1) is 6.92 Å². The van der Waals surface area contributed by atoms with Gasteiger partial charge in [-0.15, -0.1) is 0 Å². The molecular weight excluding hydrogens is 242 g/mol. The SMILES string of the molecule is Cc1cc(C(=O)NCCCO)c2cccc(N)c2n1. The minimum absolute atomic E-state index is 0.0589. The zero-order valence-electron chi connectivity index (χ0n) is 10.8. The third-order valence-corrected chi connectivity index (χ3v) is 2.86. The van der Waals surface area contributed by atoms with Gasteiger partial charge in [-0.2, -0.15) is 0 Å². The molecule has 1 heterocycles. The predicted molar refractivity (Wildman–Crippen MR) is 74.9 cm³/mol. The van der Waals surface area contributed by atoms with Gasteiger partial charge in [0.05, 0.1) is 16.8 Å². The minimum atomic E-state index is -0.172. The van der Waals surface area contributed by atoms with Crippen LogP contribution in [0.5, 0.6) is 0 Å². The Morgan fingerprint density at radius 2 is 2.26 bits per heavy atom. The van der Waals surface area contributed by atoms with Gasteiger partial charge < -0.3 is 16.2 Å². The van der Waals surface area contributed by atoms with E-state index in [0.717, 1.165) is 11.1 Å². The van der Waals surface area contributed by atoms with Crippen LogP contribution in [0.3, 0.4) is 0 Å². The highest BCUT2D eigenvalue weighted by Gasteiger charge is 2.12. The summed E-state index contributed by atoms with van der Waals surface area (Å²) in [5.41, 5.74) is 8.41. The van der Waals surface area contributed by atoms with E-state index in [4.69, 9.17) is 10.8 Å². The molecule has 2 rings (SSSR count). The maximum atomic E-state index is 12.1. The average molecular weight is 259 g/mol. The normalized spacial score (nSPS) is 10.6. The maximum Gasteiger partial charge on any atom is 0.252 e. The Morgan fingerprint density at radius 3 is 3.00 bits per heavy atom. The van der Waals surface area contributed by atoms with Crippen molar-refractivity contribution >= 4 is 22.5 Å². The Bertz CT molecular complexity index is 611. The highest BCUT2D eigenvalue weighted by atomic mass is 16.3. The first kappa shape index (κ1) is 13.3. The van der Waals surface area contributed by atoms with Crippen molar-refractivity contribution in [3.63, 3.8) is 0 Å². The quantitative estimate of drug-likeness (QED) is 0.569. The lowest BCUT2D eigenvalue weighted by Gasteiger charge is -2.09. The summed E-state index contributed by atoms with van der Waals surface area (Å²) in [6.07, 6.45) is 0.538. The Morgan fingerprint density at radius 1 is 1.47 bits per heavy atom. The number of carbonyl (C=O) groups is 1. The first-order valence-electron chi connectivity index (χ1n) is 6.18. The second-order valence-corrected chi connectivity index (χ2v) is 4.39. The zero-order chi connectivity index (χ0) is 13.8. The molecule has 0 spiro atoms. The summed E-state index contributed by atoms with van der Waals surface area (Å²) in [4.78, 5) is 16.5. The molecule has 0 atom stereocenters. The Kier molecular flexibility index (Phi) is 3.97. The van der Waals surface area contributed by atoms with Crippen LogP contribution in [0.1, 0.15) is 22.5 Å². The van der Waals surface area contributed by atoms with Crippen LogP contribution in [-0.4, -0.2) is 29.1 Å². The van der Waals surface area contributed by atoms with E-state index in [0.29, 0.717) is 29.7 Å². The van der Waals surface area contributed by atoms with Crippen molar-refractivity contribution in [3.05, 3.63) is 35.5 Å². The van der Waals surface area contributed by atoms with E-state index in [1.165, 1.54) is 0 Å². The smallest absolute Gasteiger partial charge is 0.252 e. The Labute approximate surface area is 111 Å². The molecule has 0 saturated carbocycles. The molecule has 0 saturated heterocycles. The van der Waals surface area contributed by atoms with Gasteiger partial charge in [0.2, 0.25) is 0 Å². The summed E-state index contributed by atoms with van der Waals surface area (Å²) in [6, 6.07) is 7.15. The fourth-order valence-corrected chi connectivity index (χ4v) is 1.96. The molecular formula is C14H17N3O2. The topological polar surface area (TPSA) is 88.2 Å². The molecule has 4 N–H and O–H groups in total. The number of nitrogens with two attached hydrogens (primary N) is 1. The van der Waals surface area contributed by atoms with Crippen molar-refractivity contribution in [2.45, 2.75) is 13.3 Å². The molecule has 0 aliphatic carbocycles. The maximum absolute atomic E-state index is 12.1. The number of nitrogen functional groups attached to an aromatic ring is 1. The van der Waals surface area contributed by atoms with Gasteiger partial charge >= 0.3 is 0 Å². The predicted octanol–water partition coefficient (Wildman–Crippen LogP) is 1.24. The van der Waals surface area contributed by atoms with Gasteiger partial charge in [-0.1, -0.05) is 12.1 Å². The van der Waals surface area contributed by atoms with E-state index in [2.05, 4.69) is 10.3 Å².